The van der Waals surface area contributed by atoms with E-state index in [4.69, 9.17) is 0 Å². The van der Waals surface area contributed by atoms with Gasteiger partial charge in [-0.3, -0.25) is 9.59 Å². The molecule has 0 bridgehead atoms. The summed E-state index contributed by atoms with van der Waals surface area (Å²) in [4.78, 5) is 28.4. The third kappa shape index (κ3) is 3.14. The van der Waals surface area contributed by atoms with Gasteiger partial charge < -0.3 is 15.3 Å². The maximum Gasteiger partial charge on any atom is 0.314 e. The van der Waals surface area contributed by atoms with E-state index in [1.54, 1.807) is 0 Å². The van der Waals surface area contributed by atoms with Gasteiger partial charge in [-0.25, -0.2) is 0 Å². The number of fused-ring (bicyclic) bond motifs is 1. The Bertz CT molecular complexity index is 770. The van der Waals surface area contributed by atoms with Crippen molar-refractivity contribution >= 4 is 11.0 Å². The molecule has 1 aliphatic rings. The highest BCUT2D eigenvalue weighted by Crippen LogP contribution is 2.23. The summed E-state index contributed by atoms with van der Waals surface area (Å²) < 4.78 is 0. The molecule has 0 radical (unpaired) electrons. The van der Waals surface area contributed by atoms with Gasteiger partial charge >= 0.3 is 11.1 Å². The van der Waals surface area contributed by atoms with Gasteiger partial charge in [-0.1, -0.05) is 25.3 Å². The van der Waals surface area contributed by atoms with Crippen LogP contribution in [0.3, 0.4) is 0 Å². The van der Waals surface area contributed by atoms with Crippen LogP contribution in [0, 0.1) is 12.8 Å². The second kappa shape index (κ2) is 6.48. The standard InChI is InChI=1S/C17H23N3O2/c1-11-7-8-14-15(20-17(22)16(21)19-14)13(11)10-18-9-12-5-3-2-4-6-12/h7-8,12,18H,2-6,9-10H2,1H3,(H,19,21)(H,20,22). The molecule has 0 atom stereocenters. The summed E-state index contributed by atoms with van der Waals surface area (Å²) in [6.45, 7) is 3.76. The lowest BCUT2D eigenvalue weighted by atomic mass is 9.89. The Balaban J connectivity index is 1.80. The minimum Gasteiger partial charge on any atom is -0.316 e. The number of aromatic amines is 2. The van der Waals surface area contributed by atoms with Gasteiger partial charge in [0, 0.05) is 6.54 Å². The fourth-order valence-electron chi connectivity index (χ4n) is 3.37. The van der Waals surface area contributed by atoms with Crippen molar-refractivity contribution in [1.29, 1.82) is 0 Å². The fraction of sp³-hybridized carbons (Fsp3) is 0.529. The summed E-state index contributed by atoms with van der Waals surface area (Å²) in [6, 6.07) is 3.82. The number of aryl methyl sites for hydroxylation is 1. The summed E-state index contributed by atoms with van der Waals surface area (Å²) in [6.07, 6.45) is 6.67. The van der Waals surface area contributed by atoms with Gasteiger partial charge in [-0.05, 0) is 49.4 Å². The maximum atomic E-state index is 11.6. The lowest BCUT2D eigenvalue weighted by Gasteiger charge is -2.22. The van der Waals surface area contributed by atoms with Gasteiger partial charge in [0.25, 0.3) is 0 Å². The molecule has 0 aliphatic heterocycles. The summed E-state index contributed by atoms with van der Waals surface area (Å²) in [5.74, 6) is 0.767. The molecule has 5 heteroatoms. The van der Waals surface area contributed by atoms with Gasteiger partial charge in [-0.2, -0.15) is 0 Å². The SMILES string of the molecule is Cc1ccc2[nH]c(=O)c(=O)[nH]c2c1CNCC1CCCCC1. The molecule has 5 nitrogen and oxygen atoms in total. The van der Waals surface area contributed by atoms with E-state index in [2.05, 4.69) is 15.3 Å². The van der Waals surface area contributed by atoms with Gasteiger partial charge in [-0.15, -0.1) is 0 Å². The normalized spacial score (nSPS) is 16.2. The quantitative estimate of drug-likeness (QED) is 0.758. The van der Waals surface area contributed by atoms with Crippen molar-refractivity contribution < 1.29 is 0 Å². The summed E-state index contributed by atoms with van der Waals surface area (Å²) in [5.41, 5.74) is 2.41. The minimum absolute atomic E-state index is 0.591. The van der Waals surface area contributed by atoms with Crippen molar-refractivity contribution in [2.75, 3.05) is 6.54 Å². The van der Waals surface area contributed by atoms with Crippen molar-refractivity contribution in [2.45, 2.75) is 45.6 Å². The van der Waals surface area contributed by atoms with E-state index in [1.807, 2.05) is 19.1 Å². The van der Waals surface area contributed by atoms with Gasteiger partial charge in [0.2, 0.25) is 0 Å². The summed E-state index contributed by atoms with van der Waals surface area (Å²) in [5, 5.41) is 3.52. The van der Waals surface area contributed by atoms with Crippen LogP contribution in [0.2, 0.25) is 0 Å². The molecule has 118 valence electrons. The Morgan fingerprint density at radius 1 is 1.09 bits per heavy atom. The van der Waals surface area contributed by atoms with E-state index in [0.29, 0.717) is 12.1 Å². The number of rotatable bonds is 4. The molecule has 3 N–H and O–H groups in total. The molecule has 3 rings (SSSR count). The fourth-order valence-corrected chi connectivity index (χ4v) is 3.37. The number of hydrogen-bond donors (Lipinski definition) is 3. The van der Waals surface area contributed by atoms with E-state index in [9.17, 15) is 9.59 Å². The van der Waals surface area contributed by atoms with Crippen molar-refractivity contribution in [1.82, 2.24) is 15.3 Å². The zero-order chi connectivity index (χ0) is 15.5. The Morgan fingerprint density at radius 2 is 1.82 bits per heavy atom. The van der Waals surface area contributed by atoms with Gasteiger partial charge in [0.05, 0.1) is 11.0 Å². The number of nitrogens with one attached hydrogen (secondary N) is 3. The lowest BCUT2D eigenvalue weighted by Crippen LogP contribution is -2.30. The lowest BCUT2D eigenvalue weighted by molar-refractivity contribution is 0.342. The van der Waals surface area contributed by atoms with Crippen LogP contribution in [0.5, 0.6) is 0 Å². The molecule has 1 heterocycles. The second-order valence-electron chi connectivity index (χ2n) is 6.33. The third-order valence-corrected chi connectivity index (χ3v) is 4.70. The van der Waals surface area contributed by atoms with E-state index < -0.39 is 11.1 Å². The smallest absolute Gasteiger partial charge is 0.314 e. The van der Waals surface area contributed by atoms with Crippen LogP contribution in [0.4, 0.5) is 0 Å². The predicted molar refractivity (Wildman–Crippen MR) is 88.2 cm³/mol. The Morgan fingerprint density at radius 3 is 2.59 bits per heavy atom. The van der Waals surface area contributed by atoms with Crippen LogP contribution in [-0.2, 0) is 6.54 Å². The highest BCUT2D eigenvalue weighted by molar-refractivity contribution is 5.78. The zero-order valence-electron chi connectivity index (χ0n) is 13.0. The molecule has 2 aromatic rings. The molecule has 0 spiro atoms. The van der Waals surface area contributed by atoms with E-state index >= 15 is 0 Å². The maximum absolute atomic E-state index is 11.6. The minimum atomic E-state index is -0.600. The summed E-state index contributed by atoms with van der Waals surface area (Å²) in [7, 11) is 0. The Labute approximate surface area is 129 Å². The van der Waals surface area contributed by atoms with E-state index in [-0.39, 0.29) is 0 Å². The van der Waals surface area contributed by atoms with Crippen molar-refractivity contribution in [3.05, 3.63) is 44.0 Å². The molecule has 1 fully saturated rings. The Kier molecular flexibility index (Phi) is 4.43. The van der Waals surface area contributed by atoms with Crippen LogP contribution in [-0.4, -0.2) is 16.5 Å². The second-order valence-corrected chi connectivity index (χ2v) is 6.33. The van der Waals surface area contributed by atoms with Crippen LogP contribution < -0.4 is 16.4 Å². The third-order valence-electron chi connectivity index (χ3n) is 4.70. The topological polar surface area (TPSA) is 77.8 Å². The van der Waals surface area contributed by atoms with Crippen LogP contribution >= 0.6 is 0 Å². The average molecular weight is 301 g/mol. The highest BCUT2D eigenvalue weighted by atomic mass is 16.2. The summed E-state index contributed by atoms with van der Waals surface area (Å²) >= 11 is 0. The van der Waals surface area contributed by atoms with Gasteiger partial charge in [0.1, 0.15) is 0 Å². The molecule has 22 heavy (non-hydrogen) atoms. The molecular formula is C17H23N3O2. The first kappa shape index (κ1) is 15.0. The molecule has 0 amide bonds. The number of hydrogen-bond acceptors (Lipinski definition) is 3. The largest absolute Gasteiger partial charge is 0.316 e. The average Bonchev–Trinajstić information content (AvgIpc) is 2.52. The molecule has 1 aromatic carbocycles. The first-order valence-corrected chi connectivity index (χ1v) is 8.10. The number of benzene rings is 1. The molecule has 1 aromatic heterocycles. The molecular weight excluding hydrogens is 278 g/mol. The van der Waals surface area contributed by atoms with Crippen LogP contribution in [0.25, 0.3) is 11.0 Å². The highest BCUT2D eigenvalue weighted by Gasteiger charge is 2.13. The first-order valence-electron chi connectivity index (χ1n) is 8.10. The van der Waals surface area contributed by atoms with Crippen molar-refractivity contribution in [3.8, 4) is 0 Å². The van der Waals surface area contributed by atoms with Crippen molar-refractivity contribution in [3.63, 3.8) is 0 Å². The number of aromatic nitrogens is 2. The van der Waals surface area contributed by atoms with Crippen LogP contribution in [0.15, 0.2) is 21.7 Å². The molecule has 0 unspecified atom stereocenters. The van der Waals surface area contributed by atoms with Crippen molar-refractivity contribution in [2.24, 2.45) is 5.92 Å². The number of H-pyrrole nitrogens is 2. The molecule has 1 saturated carbocycles. The van der Waals surface area contributed by atoms with E-state index in [0.717, 1.165) is 29.1 Å². The van der Waals surface area contributed by atoms with Gasteiger partial charge in [0.15, 0.2) is 0 Å². The predicted octanol–water partition coefficient (Wildman–Crippen LogP) is 2.19. The monoisotopic (exact) mass is 301 g/mol. The Hall–Kier alpha value is -1.88. The van der Waals surface area contributed by atoms with E-state index in [1.165, 1.54) is 32.1 Å². The first-order chi connectivity index (χ1) is 10.6. The molecule has 1 aliphatic carbocycles. The zero-order valence-corrected chi connectivity index (χ0v) is 13.0. The van der Waals surface area contributed by atoms with Crippen LogP contribution in [0.1, 0.15) is 43.2 Å². The molecule has 0 saturated heterocycles.